The van der Waals surface area contributed by atoms with Crippen LogP contribution < -0.4 is 5.32 Å². The third-order valence-electron chi connectivity index (χ3n) is 3.27. The van der Waals surface area contributed by atoms with Gasteiger partial charge in [0, 0.05) is 26.0 Å². The average molecular weight is 262 g/mol. The summed E-state index contributed by atoms with van der Waals surface area (Å²) in [6, 6.07) is 2.03. The van der Waals surface area contributed by atoms with Gasteiger partial charge in [0.25, 0.3) is 0 Å². The number of H-pyrrole nitrogens is 1. The summed E-state index contributed by atoms with van der Waals surface area (Å²) in [6.45, 7) is 8.08. The van der Waals surface area contributed by atoms with Gasteiger partial charge in [0.15, 0.2) is 5.82 Å². The Hall–Kier alpha value is -1.62. The highest BCUT2D eigenvalue weighted by atomic mass is 16.5. The van der Waals surface area contributed by atoms with Crippen molar-refractivity contribution < 1.29 is 4.74 Å². The summed E-state index contributed by atoms with van der Waals surface area (Å²) in [5.74, 6) is 0.864. The fourth-order valence-corrected chi connectivity index (χ4v) is 1.99. The Morgan fingerprint density at radius 2 is 2.16 bits per heavy atom. The topological polar surface area (TPSA) is 62.8 Å². The van der Waals surface area contributed by atoms with Crippen LogP contribution in [0.3, 0.4) is 0 Å². The van der Waals surface area contributed by atoms with E-state index in [1.807, 2.05) is 13.0 Å². The summed E-state index contributed by atoms with van der Waals surface area (Å²) in [5, 5.41) is 3.41. The molecule has 5 heteroatoms. The molecule has 5 nitrogen and oxygen atoms in total. The Bertz CT molecular complexity index is 547. The molecule has 0 saturated carbocycles. The van der Waals surface area contributed by atoms with Gasteiger partial charge in [-0.1, -0.05) is 13.8 Å². The van der Waals surface area contributed by atoms with Gasteiger partial charge in [-0.2, -0.15) is 0 Å². The SMILES string of the molecule is COCCC(C)(C)CNc1ncnc2cc(C)[nH]c12. The normalized spacial score (nSPS) is 12.0. The zero-order valence-corrected chi connectivity index (χ0v) is 12.1. The molecule has 0 aliphatic rings. The molecule has 0 aromatic carbocycles. The second-order valence-electron chi connectivity index (χ2n) is 5.70. The molecule has 19 heavy (non-hydrogen) atoms. The van der Waals surface area contributed by atoms with E-state index >= 15 is 0 Å². The van der Waals surface area contributed by atoms with E-state index in [2.05, 4.69) is 34.1 Å². The lowest BCUT2D eigenvalue weighted by molar-refractivity contribution is 0.157. The highest BCUT2D eigenvalue weighted by Gasteiger charge is 2.18. The number of nitrogens with one attached hydrogen (secondary N) is 2. The van der Waals surface area contributed by atoms with E-state index in [9.17, 15) is 0 Å². The van der Waals surface area contributed by atoms with Crippen molar-refractivity contribution in [1.82, 2.24) is 15.0 Å². The van der Waals surface area contributed by atoms with Crippen molar-refractivity contribution in [2.45, 2.75) is 27.2 Å². The van der Waals surface area contributed by atoms with Crippen molar-refractivity contribution in [2.24, 2.45) is 5.41 Å². The Morgan fingerprint density at radius 3 is 2.89 bits per heavy atom. The van der Waals surface area contributed by atoms with Crippen LogP contribution in [0.4, 0.5) is 5.82 Å². The van der Waals surface area contributed by atoms with Crippen LogP contribution in [0.25, 0.3) is 11.0 Å². The van der Waals surface area contributed by atoms with Crippen LogP contribution in [0.2, 0.25) is 0 Å². The molecule has 0 saturated heterocycles. The monoisotopic (exact) mass is 262 g/mol. The van der Waals surface area contributed by atoms with Gasteiger partial charge in [0.2, 0.25) is 0 Å². The number of aryl methyl sites for hydroxylation is 1. The lowest BCUT2D eigenvalue weighted by Gasteiger charge is -2.24. The van der Waals surface area contributed by atoms with Crippen LogP contribution >= 0.6 is 0 Å². The molecule has 0 atom stereocenters. The molecule has 2 heterocycles. The number of anilines is 1. The lowest BCUT2D eigenvalue weighted by Crippen LogP contribution is -2.25. The highest BCUT2D eigenvalue weighted by molar-refractivity contribution is 5.86. The summed E-state index contributed by atoms with van der Waals surface area (Å²) in [5.41, 5.74) is 3.18. The second-order valence-corrected chi connectivity index (χ2v) is 5.70. The number of rotatable bonds is 6. The quantitative estimate of drug-likeness (QED) is 0.840. The first-order valence-corrected chi connectivity index (χ1v) is 6.55. The predicted molar refractivity (Wildman–Crippen MR) is 77.4 cm³/mol. The van der Waals surface area contributed by atoms with Crippen molar-refractivity contribution in [3.8, 4) is 0 Å². The second kappa shape index (κ2) is 5.57. The maximum atomic E-state index is 5.14. The molecular formula is C14H22N4O. The summed E-state index contributed by atoms with van der Waals surface area (Å²) in [4.78, 5) is 11.9. The third kappa shape index (κ3) is 3.44. The summed E-state index contributed by atoms with van der Waals surface area (Å²) >= 11 is 0. The van der Waals surface area contributed by atoms with Crippen LogP contribution in [0.5, 0.6) is 0 Å². The molecule has 0 unspecified atom stereocenters. The zero-order valence-electron chi connectivity index (χ0n) is 12.1. The number of hydrogen-bond acceptors (Lipinski definition) is 4. The fraction of sp³-hybridized carbons (Fsp3) is 0.571. The smallest absolute Gasteiger partial charge is 0.153 e. The van der Waals surface area contributed by atoms with Gasteiger partial charge in [0.1, 0.15) is 11.8 Å². The number of ether oxygens (including phenoxy) is 1. The molecule has 2 rings (SSSR count). The lowest BCUT2D eigenvalue weighted by atomic mass is 9.90. The summed E-state index contributed by atoms with van der Waals surface area (Å²) in [7, 11) is 1.74. The molecule has 0 fully saturated rings. The van der Waals surface area contributed by atoms with Crippen molar-refractivity contribution in [2.75, 3.05) is 25.6 Å². The number of methoxy groups -OCH3 is 1. The van der Waals surface area contributed by atoms with Crippen LogP contribution in [0, 0.1) is 12.3 Å². The highest BCUT2D eigenvalue weighted by Crippen LogP contribution is 2.23. The summed E-state index contributed by atoms with van der Waals surface area (Å²) in [6.07, 6.45) is 2.61. The first-order chi connectivity index (χ1) is 9.02. The Labute approximate surface area is 113 Å². The van der Waals surface area contributed by atoms with Gasteiger partial charge >= 0.3 is 0 Å². The number of aromatic amines is 1. The number of nitrogens with zero attached hydrogens (tertiary/aromatic N) is 2. The number of hydrogen-bond donors (Lipinski definition) is 2. The Kier molecular flexibility index (Phi) is 4.04. The van der Waals surface area contributed by atoms with Crippen molar-refractivity contribution in [3.63, 3.8) is 0 Å². The summed E-state index contributed by atoms with van der Waals surface area (Å²) < 4.78 is 5.14. The Balaban J connectivity index is 2.09. The maximum Gasteiger partial charge on any atom is 0.153 e. The molecule has 2 N–H and O–H groups in total. The van der Waals surface area contributed by atoms with Crippen molar-refractivity contribution in [1.29, 1.82) is 0 Å². The van der Waals surface area contributed by atoms with E-state index in [4.69, 9.17) is 4.74 Å². The predicted octanol–water partition coefficient (Wildman–Crippen LogP) is 2.74. The van der Waals surface area contributed by atoms with E-state index in [-0.39, 0.29) is 5.41 Å². The van der Waals surface area contributed by atoms with Crippen LogP contribution in [-0.4, -0.2) is 35.2 Å². The van der Waals surface area contributed by atoms with Gasteiger partial charge < -0.3 is 15.0 Å². The number of fused-ring (bicyclic) bond motifs is 1. The molecule has 0 bridgehead atoms. The first-order valence-electron chi connectivity index (χ1n) is 6.55. The first kappa shape index (κ1) is 13.8. The minimum Gasteiger partial charge on any atom is -0.385 e. The van der Waals surface area contributed by atoms with E-state index < -0.39 is 0 Å². The zero-order chi connectivity index (χ0) is 13.9. The minimum atomic E-state index is 0.162. The van der Waals surface area contributed by atoms with Gasteiger partial charge in [-0.15, -0.1) is 0 Å². The third-order valence-corrected chi connectivity index (χ3v) is 3.27. The molecule has 2 aromatic rings. The van der Waals surface area contributed by atoms with Gasteiger partial charge in [-0.05, 0) is 24.8 Å². The van der Waals surface area contributed by atoms with Gasteiger partial charge in [-0.25, -0.2) is 9.97 Å². The molecule has 0 aliphatic heterocycles. The van der Waals surface area contributed by atoms with Gasteiger partial charge in [0.05, 0.1) is 5.52 Å². The van der Waals surface area contributed by atoms with Crippen LogP contribution in [-0.2, 0) is 4.74 Å². The molecule has 104 valence electrons. The molecule has 2 aromatic heterocycles. The van der Waals surface area contributed by atoms with Crippen molar-refractivity contribution >= 4 is 16.9 Å². The molecule has 0 amide bonds. The van der Waals surface area contributed by atoms with Crippen molar-refractivity contribution in [3.05, 3.63) is 18.1 Å². The maximum absolute atomic E-state index is 5.14. The minimum absolute atomic E-state index is 0.162. The molecule has 0 aliphatic carbocycles. The average Bonchev–Trinajstić information content (AvgIpc) is 2.74. The molecule has 0 radical (unpaired) electrons. The van der Waals surface area contributed by atoms with E-state index in [1.54, 1.807) is 13.4 Å². The van der Waals surface area contributed by atoms with Gasteiger partial charge in [-0.3, -0.25) is 0 Å². The standard InChI is InChI=1S/C14H22N4O/c1-10-7-11-12(18-10)13(17-9-16-11)15-8-14(2,3)5-6-19-4/h7,9,18H,5-6,8H2,1-4H3,(H,15,16,17). The Morgan fingerprint density at radius 1 is 1.37 bits per heavy atom. The largest absolute Gasteiger partial charge is 0.385 e. The molecule has 0 spiro atoms. The fourth-order valence-electron chi connectivity index (χ4n) is 1.99. The number of aromatic nitrogens is 3. The van der Waals surface area contributed by atoms with E-state index in [1.165, 1.54) is 0 Å². The van der Waals surface area contributed by atoms with E-state index in [0.29, 0.717) is 0 Å². The van der Waals surface area contributed by atoms with E-state index in [0.717, 1.165) is 42.1 Å². The molecular weight excluding hydrogens is 240 g/mol. The van der Waals surface area contributed by atoms with Crippen LogP contribution in [0.15, 0.2) is 12.4 Å². The van der Waals surface area contributed by atoms with Crippen LogP contribution in [0.1, 0.15) is 26.0 Å².